The van der Waals surface area contributed by atoms with Crippen LogP contribution in [0.15, 0.2) is 48.7 Å². The molecule has 0 bridgehead atoms. The average molecular weight is 395 g/mol. The molecule has 0 saturated heterocycles. The van der Waals surface area contributed by atoms with E-state index >= 15 is 0 Å². The molecule has 2 heterocycles. The van der Waals surface area contributed by atoms with Crippen LogP contribution >= 0.6 is 0 Å². The summed E-state index contributed by atoms with van der Waals surface area (Å²) in [5.41, 5.74) is 7.11. The molecule has 7 nitrogen and oxygen atoms in total. The highest BCUT2D eigenvalue weighted by Crippen LogP contribution is 2.43. The normalized spacial score (nSPS) is 16.0. The summed E-state index contributed by atoms with van der Waals surface area (Å²) >= 11 is 0. The molecule has 1 saturated carbocycles. The van der Waals surface area contributed by atoms with Gasteiger partial charge in [-0.2, -0.15) is 0 Å². The zero-order valence-electron chi connectivity index (χ0n) is 16.0. The fourth-order valence-electron chi connectivity index (χ4n) is 3.47. The molecule has 3 aromatic rings. The Hall–Kier alpha value is -3.10. The molecule has 29 heavy (non-hydrogen) atoms. The molecule has 1 aromatic carbocycles. The van der Waals surface area contributed by atoms with Crippen LogP contribution in [0.3, 0.4) is 0 Å². The lowest BCUT2D eigenvalue weighted by molar-refractivity contribution is 0.186. The number of aromatic nitrogens is 3. The smallest absolute Gasteiger partial charge is 0.149 e. The van der Waals surface area contributed by atoms with E-state index in [4.69, 9.17) is 10.5 Å². The van der Waals surface area contributed by atoms with E-state index in [0.29, 0.717) is 22.8 Å². The predicted molar refractivity (Wildman–Crippen MR) is 107 cm³/mol. The second-order valence-corrected chi connectivity index (χ2v) is 7.13. The van der Waals surface area contributed by atoms with Crippen LogP contribution in [-0.2, 0) is 5.54 Å². The SMILES string of the molecule is COc1ccc(C2(Nc3ccc(-c4cc(C(N)O)ccc4F)nn3)CCC2)nc1. The quantitative estimate of drug-likeness (QED) is 0.551. The zero-order valence-corrected chi connectivity index (χ0v) is 16.0. The molecule has 1 aliphatic carbocycles. The first-order valence-corrected chi connectivity index (χ1v) is 9.37. The number of hydrogen-bond donors (Lipinski definition) is 3. The summed E-state index contributed by atoms with van der Waals surface area (Å²) in [4.78, 5) is 4.52. The monoisotopic (exact) mass is 395 g/mol. The van der Waals surface area contributed by atoms with Crippen LogP contribution in [0.1, 0.15) is 36.7 Å². The molecule has 4 rings (SSSR count). The fraction of sp³-hybridized carbons (Fsp3) is 0.286. The molecule has 0 radical (unpaired) electrons. The van der Waals surface area contributed by atoms with E-state index in [-0.39, 0.29) is 11.1 Å². The summed E-state index contributed by atoms with van der Waals surface area (Å²) in [6, 6.07) is 11.5. The molecule has 8 heteroatoms. The van der Waals surface area contributed by atoms with Gasteiger partial charge in [0.15, 0.2) is 0 Å². The summed E-state index contributed by atoms with van der Waals surface area (Å²) in [5.74, 6) is 0.836. The Labute approximate surface area is 167 Å². The van der Waals surface area contributed by atoms with Gasteiger partial charge in [-0.25, -0.2) is 4.39 Å². The van der Waals surface area contributed by atoms with E-state index in [9.17, 15) is 9.50 Å². The second kappa shape index (κ2) is 7.73. The van der Waals surface area contributed by atoms with Crippen molar-refractivity contribution >= 4 is 5.82 Å². The summed E-state index contributed by atoms with van der Waals surface area (Å²) < 4.78 is 19.4. The minimum atomic E-state index is -1.18. The molecule has 0 aliphatic heterocycles. The first kappa shape index (κ1) is 19.2. The van der Waals surface area contributed by atoms with Crippen molar-refractivity contribution in [2.75, 3.05) is 12.4 Å². The van der Waals surface area contributed by atoms with E-state index < -0.39 is 12.0 Å². The standard InChI is InChI=1S/C21H22FN5O2/c1-29-14-4-7-18(24-12-14)21(9-2-10-21)25-19-8-6-17(26-27-19)15-11-13(20(23)28)3-5-16(15)22/h3-8,11-12,20,28H,2,9-10,23H2,1H3,(H,25,27). The van der Waals surface area contributed by atoms with Crippen molar-refractivity contribution in [3.05, 3.63) is 65.7 Å². The summed E-state index contributed by atoms with van der Waals surface area (Å²) in [7, 11) is 1.61. The highest BCUT2D eigenvalue weighted by Gasteiger charge is 2.40. The first-order valence-electron chi connectivity index (χ1n) is 9.37. The van der Waals surface area contributed by atoms with Crippen molar-refractivity contribution in [2.45, 2.75) is 31.0 Å². The van der Waals surface area contributed by atoms with E-state index in [2.05, 4.69) is 20.5 Å². The maximum atomic E-state index is 14.2. The fourth-order valence-corrected chi connectivity index (χ4v) is 3.47. The number of benzene rings is 1. The predicted octanol–water partition coefficient (Wildman–Crippen LogP) is 3.13. The van der Waals surface area contributed by atoms with Gasteiger partial charge in [0.1, 0.15) is 23.6 Å². The van der Waals surface area contributed by atoms with Crippen LogP contribution in [0.5, 0.6) is 5.75 Å². The number of nitrogens with zero attached hydrogens (tertiary/aromatic N) is 3. The summed E-state index contributed by atoms with van der Waals surface area (Å²) in [6.07, 6.45) is 3.47. The van der Waals surface area contributed by atoms with E-state index in [1.165, 1.54) is 18.2 Å². The molecule has 1 unspecified atom stereocenters. The minimum Gasteiger partial charge on any atom is -0.495 e. The van der Waals surface area contributed by atoms with Gasteiger partial charge in [0.05, 0.1) is 30.2 Å². The highest BCUT2D eigenvalue weighted by atomic mass is 19.1. The van der Waals surface area contributed by atoms with Gasteiger partial charge in [0.25, 0.3) is 0 Å². The van der Waals surface area contributed by atoms with E-state index in [1.54, 1.807) is 25.4 Å². The Morgan fingerprint density at radius 1 is 1.17 bits per heavy atom. The Bertz CT molecular complexity index is 989. The Morgan fingerprint density at radius 3 is 2.55 bits per heavy atom. The third kappa shape index (κ3) is 3.76. The van der Waals surface area contributed by atoms with Crippen molar-refractivity contribution in [1.82, 2.24) is 15.2 Å². The molecule has 4 N–H and O–H groups in total. The van der Waals surface area contributed by atoms with Gasteiger partial charge >= 0.3 is 0 Å². The zero-order chi connectivity index (χ0) is 20.4. The molecular formula is C21H22FN5O2. The third-order valence-corrected chi connectivity index (χ3v) is 5.31. The summed E-state index contributed by atoms with van der Waals surface area (Å²) in [5, 5.41) is 21.3. The Kier molecular flexibility index (Phi) is 5.12. The number of pyridine rings is 1. The van der Waals surface area contributed by atoms with Gasteiger partial charge in [-0.05, 0) is 61.2 Å². The van der Waals surface area contributed by atoms with Crippen molar-refractivity contribution in [2.24, 2.45) is 5.73 Å². The van der Waals surface area contributed by atoms with Gasteiger partial charge in [0.2, 0.25) is 0 Å². The second-order valence-electron chi connectivity index (χ2n) is 7.13. The number of methoxy groups -OCH3 is 1. The molecule has 2 aromatic heterocycles. The lowest BCUT2D eigenvalue weighted by Crippen LogP contribution is -2.43. The molecule has 0 spiro atoms. The van der Waals surface area contributed by atoms with E-state index in [0.717, 1.165) is 25.0 Å². The largest absolute Gasteiger partial charge is 0.495 e. The highest BCUT2D eigenvalue weighted by molar-refractivity contribution is 5.61. The van der Waals surface area contributed by atoms with Crippen molar-refractivity contribution in [3.8, 4) is 17.0 Å². The Balaban J connectivity index is 1.57. The van der Waals surface area contributed by atoms with Crippen LogP contribution in [0.2, 0.25) is 0 Å². The number of hydrogen-bond acceptors (Lipinski definition) is 7. The van der Waals surface area contributed by atoms with Gasteiger partial charge in [-0.3, -0.25) is 4.98 Å². The Morgan fingerprint density at radius 2 is 2.00 bits per heavy atom. The number of nitrogens with two attached hydrogens (primary N) is 1. The maximum absolute atomic E-state index is 14.2. The van der Waals surface area contributed by atoms with Gasteiger partial charge < -0.3 is 20.9 Å². The van der Waals surface area contributed by atoms with Crippen LogP contribution in [0, 0.1) is 5.82 Å². The number of anilines is 1. The van der Waals surface area contributed by atoms with Crippen molar-refractivity contribution < 1.29 is 14.2 Å². The number of aliphatic hydroxyl groups excluding tert-OH is 1. The van der Waals surface area contributed by atoms with Crippen molar-refractivity contribution in [3.63, 3.8) is 0 Å². The summed E-state index contributed by atoms with van der Waals surface area (Å²) in [6.45, 7) is 0. The van der Waals surface area contributed by atoms with E-state index in [1.807, 2.05) is 12.1 Å². The molecule has 1 aliphatic rings. The molecule has 1 fully saturated rings. The maximum Gasteiger partial charge on any atom is 0.149 e. The van der Waals surface area contributed by atoms with Gasteiger partial charge in [-0.1, -0.05) is 6.07 Å². The van der Waals surface area contributed by atoms with Gasteiger partial charge in [-0.15, -0.1) is 10.2 Å². The average Bonchev–Trinajstić information content (AvgIpc) is 2.71. The number of halogens is 1. The third-order valence-electron chi connectivity index (χ3n) is 5.31. The molecule has 1 atom stereocenters. The van der Waals surface area contributed by atoms with Crippen LogP contribution in [-0.4, -0.2) is 27.4 Å². The lowest BCUT2D eigenvalue weighted by Gasteiger charge is -2.42. The topological polar surface area (TPSA) is 106 Å². The lowest BCUT2D eigenvalue weighted by atomic mass is 9.74. The molecular weight excluding hydrogens is 373 g/mol. The van der Waals surface area contributed by atoms with Crippen LogP contribution in [0.25, 0.3) is 11.3 Å². The first-order chi connectivity index (χ1) is 14.0. The van der Waals surface area contributed by atoms with Crippen molar-refractivity contribution in [1.29, 1.82) is 0 Å². The van der Waals surface area contributed by atoms with Gasteiger partial charge in [0, 0.05) is 5.56 Å². The van der Waals surface area contributed by atoms with Crippen LogP contribution < -0.4 is 15.8 Å². The number of aliphatic hydroxyl groups is 1. The van der Waals surface area contributed by atoms with Crippen LogP contribution in [0.4, 0.5) is 10.2 Å². The number of ether oxygens (including phenoxy) is 1. The number of rotatable bonds is 6. The molecule has 150 valence electrons. The number of nitrogens with one attached hydrogen (secondary N) is 1. The minimum absolute atomic E-state index is 0.237. The molecule has 0 amide bonds.